The molecule has 0 radical (unpaired) electrons. The Labute approximate surface area is 113 Å². The lowest BCUT2D eigenvalue weighted by atomic mass is 10.1. The lowest BCUT2D eigenvalue weighted by Crippen LogP contribution is -2.19. The van der Waals surface area contributed by atoms with E-state index in [0.29, 0.717) is 5.56 Å². The maximum atomic E-state index is 11.9. The van der Waals surface area contributed by atoms with Crippen LogP contribution in [0.1, 0.15) is 24.2 Å². The summed E-state index contributed by atoms with van der Waals surface area (Å²) in [6.07, 6.45) is 10.3. The largest absolute Gasteiger partial charge is 0.450 e. The Balaban J connectivity index is 2.85. The van der Waals surface area contributed by atoms with Crippen molar-refractivity contribution in [3.05, 3.63) is 35.4 Å². The first-order valence-electron chi connectivity index (χ1n) is 5.97. The van der Waals surface area contributed by atoms with Gasteiger partial charge in [-0.25, -0.2) is 4.79 Å². The molecule has 1 aromatic rings. The van der Waals surface area contributed by atoms with Gasteiger partial charge in [0.25, 0.3) is 0 Å². The fourth-order valence-electron chi connectivity index (χ4n) is 1.55. The van der Waals surface area contributed by atoms with E-state index in [4.69, 9.17) is 22.3 Å². The topological polar surface area (TPSA) is 35.5 Å². The van der Waals surface area contributed by atoms with Gasteiger partial charge in [-0.2, -0.15) is 0 Å². The summed E-state index contributed by atoms with van der Waals surface area (Å²) in [6.45, 7) is 2.01. The number of terminal acetylenes is 2. The van der Waals surface area contributed by atoms with Crippen molar-refractivity contribution < 1.29 is 14.3 Å². The fraction of sp³-hybridized carbons (Fsp3) is 0.312. The SMILES string of the molecule is C#CCOC(=O)C(OCC#C)c1ccc(CC)cc1. The predicted molar refractivity (Wildman–Crippen MR) is 73.1 cm³/mol. The van der Waals surface area contributed by atoms with E-state index in [-0.39, 0.29) is 13.2 Å². The molecular weight excluding hydrogens is 240 g/mol. The van der Waals surface area contributed by atoms with Gasteiger partial charge in [-0.1, -0.05) is 43.0 Å². The second kappa shape index (κ2) is 7.97. The van der Waals surface area contributed by atoms with Crippen LogP contribution in [0.4, 0.5) is 0 Å². The van der Waals surface area contributed by atoms with Gasteiger partial charge in [0.2, 0.25) is 0 Å². The summed E-state index contributed by atoms with van der Waals surface area (Å²) >= 11 is 0. The highest BCUT2D eigenvalue weighted by Crippen LogP contribution is 2.20. The minimum absolute atomic E-state index is 0.0331. The molecule has 98 valence electrons. The molecule has 1 unspecified atom stereocenters. The summed E-state index contributed by atoms with van der Waals surface area (Å²) in [6, 6.07) is 7.54. The molecule has 0 saturated heterocycles. The van der Waals surface area contributed by atoms with Crippen LogP contribution in [-0.2, 0) is 20.7 Å². The van der Waals surface area contributed by atoms with E-state index in [1.807, 2.05) is 24.3 Å². The maximum absolute atomic E-state index is 11.9. The van der Waals surface area contributed by atoms with Crippen LogP contribution in [0.15, 0.2) is 24.3 Å². The Kier molecular flexibility index (Phi) is 6.22. The number of hydrogen-bond donors (Lipinski definition) is 0. The highest BCUT2D eigenvalue weighted by Gasteiger charge is 2.22. The van der Waals surface area contributed by atoms with Crippen LogP contribution in [0.25, 0.3) is 0 Å². The Morgan fingerprint density at radius 2 is 1.84 bits per heavy atom. The van der Waals surface area contributed by atoms with Gasteiger partial charge in [0.1, 0.15) is 6.61 Å². The number of hydrogen-bond acceptors (Lipinski definition) is 3. The first-order valence-corrected chi connectivity index (χ1v) is 5.97. The minimum Gasteiger partial charge on any atom is -0.450 e. The van der Waals surface area contributed by atoms with Gasteiger partial charge in [0, 0.05) is 0 Å². The van der Waals surface area contributed by atoms with Crippen molar-refractivity contribution in [2.45, 2.75) is 19.4 Å². The smallest absolute Gasteiger partial charge is 0.340 e. The number of carbonyl (C=O) groups excluding carboxylic acids is 1. The zero-order chi connectivity index (χ0) is 14.1. The van der Waals surface area contributed by atoms with E-state index in [1.165, 1.54) is 5.56 Å². The molecule has 0 aliphatic heterocycles. The van der Waals surface area contributed by atoms with E-state index < -0.39 is 12.1 Å². The Morgan fingerprint density at radius 3 is 2.37 bits per heavy atom. The molecule has 0 saturated carbocycles. The molecule has 0 aromatic heterocycles. The average molecular weight is 256 g/mol. The van der Waals surface area contributed by atoms with Crippen molar-refractivity contribution in [3.63, 3.8) is 0 Å². The summed E-state index contributed by atoms with van der Waals surface area (Å²) in [4.78, 5) is 11.9. The second-order valence-electron chi connectivity index (χ2n) is 3.80. The van der Waals surface area contributed by atoms with E-state index >= 15 is 0 Å². The fourth-order valence-corrected chi connectivity index (χ4v) is 1.55. The molecule has 1 atom stereocenters. The van der Waals surface area contributed by atoms with Gasteiger partial charge < -0.3 is 9.47 Å². The van der Waals surface area contributed by atoms with Crippen LogP contribution < -0.4 is 0 Å². The van der Waals surface area contributed by atoms with Crippen molar-refractivity contribution in [1.82, 2.24) is 0 Å². The van der Waals surface area contributed by atoms with E-state index in [0.717, 1.165) is 6.42 Å². The molecule has 0 spiro atoms. The predicted octanol–water partition coefficient (Wildman–Crippen LogP) is 2.12. The molecule has 19 heavy (non-hydrogen) atoms. The van der Waals surface area contributed by atoms with E-state index in [2.05, 4.69) is 18.8 Å². The first kappa shape index (κ1) is 14.8. The third-order valence-electron chi connectivity index (χ3n) is 2.54. The second-order valence-corrected chi connectivity index (χ2v) is 3.80. The van der Waals surface area contributed by atoms with Crippen LogP contribution in [-0.4, -0.2) is 19.2 Å². The van der Waals surface area contributed by atoms with Crippen LogP contribution in [0.3, 0.4) is 0 Å². The Bertz CT molecular complexity index is 488. The number of benzene rings is 1. The quantitative estimate of drug-likeness (QED) is 0.577. The highest BCUT2D eigenvalue weighted by atomic mass is 16.6. The van der Waals surface area contributed by atoms with Gasteiger partial charge in [0.15, 0.2) is 12.7 Å². The molecule has 0 amide bonds. The molecule has 1 aromatic carbocycles. The van der Waals surface area contributed by atoms with Crippen LogP contribution >= 0.6 is 0 Å². The van der Waals surface area contributed by atoms with Gasteiger partial charge in [-0.3, -0.25) is 0 Å². The molecule has 3 nitrogen and oxygen atoms in total. The van der Waals surface area contributed by atoms with Gasteiger partial charge in [-0.05, 0) is 17.5 Å². The minimum atomic E-state index is -0.838. The monoisotopic (exact) mass is 256 g/mol. The van der Waals surface area contributed by atoms with Crippen molar-refractivity contribution >= 4 is 5.97 Å². The maximum Gasteiger partial charge on any atom is 0.340 e. The number of esters is 1. The van der Waals surface area contributed by atoms with E-state index in [1.54, 1.807) is 0 Å². The molecule has 0 bridgehead atoms. The zero-order valence-electron chi connectivity index (χ0n) is 10.9. The van der Waals surface area contributed by atoms with Gasteiger partial charge in [-0.15, -0.1) is 12.8 Å². The standard InChI is InChI=1S/C16H16O3/c1-4-11-18-15(16(17)19-12-5-2)14-9-7-13(6-3)8-10-14/h1-2,7-10,15H,6,11-12H2,3H3. The van der Waals surface area contributed by atoms with Crippen LogP contribution in [0, 0.1) is 24.7 Å². The normalized spacial score (nSPS) is 11.1. The lowest BCUT2D eigenvalue weighted by molar-refractivity contribution is -0.155. The van der Waals surface area contributed by atoms with Crippen molar-refractivity contribution in [3.8, 4) is 24.7 Å². The number of ether oxygens (including phenoxy) is 2. The average Bonchev–Trinajstić information content (AvgIpc) is 2.46. The van der Waals surface area contributed by atoms with Gasteiger partial charge in [0.05, 0.1) is 0 Å². The summed E-state index contributed by atoms with van der Waals surface area (Å²) in [5.41, 5.74) is 1.88. The van der Waals surface area contributed by atoms with Crippen LogP contribution in [0.2, 0.25) is 0 Å². The number of carbonyl (C=O) groups is 1. The summed E-state index contributed by atoms with van der Waals surface area (Å²) < 4.78 is 10.2. The summed E-state index contributed by atoms with van der Waals surface area (Å²) in [5.74, 6) is 4.04. The molecular formula is C16H16O3. The molecule has 0 heterocycles. The molecule has 0 fully saturated rings. The van der Waals surface area contributed by atoms with Crippen LogP contribution in [0.5, 0.6) is 0 Å². The van der Waals surface area contributed by atoms with Gasteiger partial charge >= 0.3 is 5.97 Å². The Morgan fingerprint density at radius 1 is 1.21 bits per heavy atom. The molecule has 0 aliphatic rings. The van der Waals surface area contributed by atoms with Crippen molar-refractivity contribution in [2.75, 3.05) is 13.2 Å². The molecule has 3 heteroatoms. The zero-order valence-corrected chi connectivity index (χ0v) is 10.9. The molecule has 0 N–H and O–H groups in total. The first-order chi connectivity index (χ1) is 9.22. The number of rotatable bonds is 6. The number of aryl methyl sites for hydroxylation is 1. The van der Waals surface area contributed by atoms with Crippen molar-refractivity contribution in [2.24, 2.45) is 0 Å². The molecule has 1 rings (SSSR count). The van der Waals surface area contributed by atoms with E-state index in [9.17, 15) is 4.79 Å². The van der Waals surface area contributed by atoms with Crippen molar-refractivity contribution in [1.29, 1.82) is 0 Å². The summed E-state index contributed by atoms with van der Waals surface area (Å²) in [5, 5.41) is 0. The Hall–Kier alpha value is -2.23. The third-order valence-corrected chi connectivity index (χ3v) is 2.54. The molecule has 0 aliphatic carbocycles. The lowest BCUT2D eigenvalue weighted by Gasteiger charge is -2.15. The highest BCUT2D eigenvalue weighted by molar-refractivity contribution is 5.76. The summed E-state index contributed by atoms with van der Waals surface area (Å²) in [7, 11) is 0. The third kappa shape index (κ3) is 4.50.